The van der Waals surface area contributed by atoms with E-state index in [9.17, 15) is 9.90 Å². The van der Waals surface area contributed by atoms with Crippen LogP contribution in [0.4, 0.5) is 4.79 Å². The van der Waals surface area contributed by atoms with Gasteiger partial charge < -0.3 is 24.4 Å². The van der Waals surface area contributed by atoms with E-state index < -0.39 is 6.29 Å². The van der Waals surface area contributed by atoms with E-state index in [1.54, 1.807) is 19.0 Å². The standard InChI is InChI=1S/C18H26N2O4/c1-19(2)17(22)20-11-9-18(10-12-20)8-7-13-5-4-6-14(15(13)24-18)16(21)23-3/h4-6,16,21H,7-12H2,1-3H3. The molecule has 2 aliphatic rings. The molecule has 1 fully saturated rings. The van der Waals surface area contributed by atoms with Crippen LogP contribution in [0.15, 0.2) is 18.2 Å². The highest BCUT2D eigenvalue weighted by Gasteiger charge is 2.41. The van der Waals surface area contributed by atoms with Gasteiger partial charge in [0, 0.05) is 52.7 Å². The van der Waals surface area contributed by atoms with Crippen molar-refractivity contribution in [2.24, 2.45) is 0 Å². The van der Waals surface area contributed by atoms with E-state index in [-0.39, 0.29) is 11.6 Å². The van der Waals surface area contributed by atoms with Gasteiger partial charge in [-0.15, -0.1) is 0 Å². The zero-order valence-corrected chi connectivity index (χ0v) is 14.6. The summed E-state index contributed by atoms with van der Waals surface area (Å²) in [6, 6.07) is 5.86. The maximum Gasteiger partial charge on any atom is 0.319 e. The minimum absolute atomic E-state index is 0.0524. The molecule has 1 aromatic rings. The van der Waals surface area contributed by atoms with Crippen LogP contribution in [-0.2, 0) is 11.2 Å². The van der Waals surface area contributed by atoms with Crippen molar-refractivity contribution in [1.82, 2.24) is 9.80 Å². The highest BCUT2D eigenvalue weighted by molar-refractivity contribution is 5.73. The third-order valence-corrected chi connectivity index (χ3v) is 5.11. The number of carbonyl (C=O) groups is 1. The van der Waals surface area contributed by atoms with Crippen LogP contribution in [0, 0.1) is 0 Å². The summed E-state index contributed by atoms with van der Waals surface area (Å²) >= 11 is 0. The minimum atomic E-state index is -0.981. The van der Waals surface area contributed by atoms with Gasteiger partial charge >= 0.3 is 6.03 Å². The fraction of sp³-hybridized carbons (Fsp3) is 0.611. The van der Waals surface area contributed by atoms with Gasteiger partial charge in [0.1, 0.15) is 11.4 Å². The number of methoxy groups -OCH3 is 1. The lowest BCUT2D eigenvalue weighted by Gasteiger charge is -2.45. The molecule has 132 valence electrons. The zero-order valence-electron chi connectivity index (χ0n) is 14.6. The van der Waals surface area contributed by atoms with Crippen LogP contribution < -0.4 is 4.74 Å². The van der Waals surface area contributed by atoms with Crippen molar-refractivity contribution in [3.8, 4) is 5.75 Å². The first-order valence-corrected chi connectivity index (χ1v) is 8.44. The lowest BCUT2D eigenvalue weighted by atomic mass is 9.82. The van der Waals surface area contributed by atoms with Crippen molar-refractivity contribution >= 4 is 6.03 Å². The van der Waals surface area contributed by atoms with Crippen LogP contribution >= 0.6 is 0 Å². The second kappa shape index (κ2) is 6.61. The molecule has 0 bridgehead atoms. The van der Waals surface area contributed by atoms with E-state index in [4.69, 9.17) is 9.47 Å². The molecule has 24 heavy (non-hydrogen) atoms. The number of fused-ring (bicyclic) bond motifs is 1. The second-order valence-corrected chi connectivity index (χ2v) is 6.87. The lowest BCUT2D eigenvalue weighted by molar-refractivity contribution is -0.0822. The van der Waals surface area contributed by atoms with Crippen molar-refractivity contribution in [2.45, 2.75) is 37.6 Å². The van der Waals surface area contributed by atoms with Gasteiger partial charge in [-0.3, -0.25) is 0 Å². The van der Waals surface area contributed by atoms with Crippen LogP contribution in [0.3, 0.4) is 0 Å². The molecule has 3 rings (SSSR count). The summed E-state index contributed by atoms with van der Waals surface area (Å²) in [5, 5.41) is 10.1. The number of amides is 2. The van der Waals surface area contributed by atoms with Crippen LogP contribution in [0.2, 0.25) is 0 Å². The summed E-state index contributed by atoms with van der Waals surface area (Å²) in [5.41, 5.74) is 1.54. The number of aliphatic hydroxyl groups excluding tert-OH is 1. The van der Waals surface area contributed by atoms with Gasteiger partial charge in [-0.1, -0.05) is 18.2 Å². The third-order valence-electron chi connectivity index (χ3n) is 5.11. The van der Waals surface area contributed by atoms with E-state index >= 15 is 0 Å². The Labute approximate surface area is 143 Å². The molecule has 6 heteroatoms. The normalized spacial score (nSPS) is 20.2. The molecule has 1 saturated heterocycles. The first-order chi connectivity index (χ1) is 11.5. The maximum absolute atomic E-state index is 12.1. The number of para-hydroxylation sites is 1. The number of nitrogens with zero attached hydrogens (tertiary/aromatic N) is 2. The van der Waals surface area contributed by atoms with Gasteiger partial charge in [-0.05, 0) is 18.4 Å². The Balaban J connectivity index is 1.77. The van der Waals surface area contributed by atoms with Gasteiger partial charge in [0.05, 0.1) is 0 Å². The van der Waals surface area contributed by atoms with Crippen molar-refractivity contribution in [3.05, 3.63) is 29.3 Å². The van der Waals surface area contributed by atoms with Crippen LogP contribution in [0.1, 0.15) is 36.7 Å². The Kier molecular flexibility index (Phi) is 4.69. The number of carbonyl (C=O) groups excluding carboxylic acids is 1. The van der Waals surface area contributed by atoms with Crippen molar-refractivity contribution in [3.63, 3.8) is 0 Å². The topological polar surface area (TPSA) is 62.2 Å². The van der Waals surface area contributed by atoms with Crippen LogP contribution in [0.5, 0.6) is 5.75 Å². The Morgan fingerprint density at radius 2 is 2.04 bits per heavy atom. The fourth-order valence-corrected chi connectivity index (χ4v) is 3.62. The molecule has 2 amide bonds. The summed E-state index contributed by atoms with van der Waals surface area (Å²) in [5.74, 6) is 0.755. The van der Waals surface area contributed by atoms with Crippen LogP contribution in [0.25, 0.3) is 0 Å². The molecule has 1 unspecified atom stereocenters. The zero-order chi connectivity index (χ0) is 17.3. The fourth-order valence-electron chi connectivity index (χ4n) is 3.62. The van der Waals surface area contributed by atoms with Crippen molar-refractivity contribution in [1.29, 1.82) is 0 Å². The van der Waals surface area contributed by atoms with Gasteiger partial charge in [-0.2, -0.15) is 0 Å². The molecule has 1 N–H and O–H groups in total. The average Bonchev–Trinajstić information content (AvgIpc) is 2.60. The molecule has 6 nitrogen and oxygen atoms in total. The highest BCUT2D eigenvalue weighted by Crippen LogP contribution is 2.42. The van der Waals surface area contributed by atoms with Crippen molar-refractivity contribution in [2.75, 3.05) is 34.3 Å². The number of ether oxygens (including phenoxy) is 2. The average molecular weight is 334 g/mol. The number of benzene rings is 1. The number of hydrogen-bond donors (Lipinski definition) is 1. The van der Waals surface area contributed by atoms with Gasteiger partial charge in [0.2, 0.25) is 0 Å². The largest absolute Gasteiger partial charge is 0.486 e. The smallest absolute Gasteiger partial charge is 0.319 e. The number of piperidine rings is 1. The molecule has 2 aliphatic heterocycles. The second-order valence-electron chi connectivity index (χ2n) is 6.87. The molecular formula is C18H26N2O4. The molecule has 0 aromatic heterocycles. The van der Waals surface area contributed by atoms with Gasteiger partial charge in [-0.25, -0.2) is 4.79 Å². The summed E-state index contributed by atoms with van der Waals surface area (Å²) < 4.78 is 11.5. The number of hydrogen-bond acceptors (Lipinski definition) is 4. The Hall–Kier alpha value is -1.79. The molecule has 0 radical (unpaired) electrons. The molecule has 1 aromatic carbocycles. The van der Waals surface area contributed by atoms with E-state index in [2.05, 4.69) is 0 Å². The minimum Gasteiger partial charge on any atom is -0.486 e. The molecular weight excluding hydrogens is 308 g/mol. The number of aryl methyl sites for hydroxylation is 1. The number of rotatable bonds is 2. The lowest BCUT2D eigenvalue weighted by Crippen LogP contribution is -2.53. The summed E-state index contributed by atoms with van der Waals surface area (Å²) in [7, 11) is 5.03. The molecule has 2 heterocycles. The summed E-state index contributed by atoms with van der Waals surface area (Å²) in [6.45, 7) is 1.39. The molecule has 0 saturated carbocycles. The summed E-state index contributed by atoms with van der Waals surface area (Å²) in [6.07, 6.45) is 2.50. The van der Waals surface area contributed by atoms with Gasteiger partial charge in [0.15, 0.2) is 6.29 Å². The third kappa shape index (κ3) is 3.08. The van der Waals surface area contributed by atoms with Crippen molar-refractivity contribution < 1.29 is 19.4 Å². The van der Waals surface area contributed by atoms with E-state index in [1.165, 1.54) is 7.11 Å². The monoisotopic (exact) mass is 334 g/mol. The van der Waals surface area contributed by atoms with E-state index in [1.807, 2.05) is 23.1 Å². The number of aliphatic hydroxyl groups is 1. The molecule has 0 aliphatic carbocycles. The Morgan fingerprint density at radius 3 is 2.67 bits per heavy atom. The Bertz CT molecular complexity index is 609. The quantitative estimate of drug-likeness (QED) is 0.842. The predicted molar refractivity (Wildman–Crippen MR) is 90.0 cm³/mol. The number of likely N-dealkylation sites (tertiary alicyclic amines) is 1. The van der Waals surface area contributed by atoms with E-state index in [0.29, 0.717) is 18.7 Å². The van der Waals surface area contributed by atoms with E-state index in [0.717, 1.165) is 37.0 Å². The van der Waals surface area contributed by atoms with Gasteiger partial charge in [0.25, 0.3) is 0 Å². The predicted octanol–water partition coefficient (Wildman–Crippen LogP) is 2.17. The van der Waals surface area contributed by atoms with Crippen LogP contribution in [-0.4, -0.2) is 60.8 Å². The first kappa shape index (κ1) is 17.0. The SMILES string of the molecule is COC(O)c1cccc2c1OC1(CC2)CCN(C(=O)N(C)C)CC1. The first-order valence-electron chi connectivity index (χ1n) is 8.44. The Morgan fingerprint density at radius 1 is 1.33 bits per heavy atom. The number of urea groups is 1. The highest BCUT2D eigenvalue weighted by atomic mass is 16.6. The molecule has 1 spiro atoms. The maximum atomic E-state index is 12.1. The summed E-state index contributed by atoms with van der Waals surface area (Å²) in [4.78, 5) is 15.6. The molecule has 1 atom stereocenters.